The number of ether oxygens (including phenoxy) is 1. The first kappa shape index (κ1) is 11.1. The largest absolute Gasteiger partial charge is 0.431 e. The van der Waals surface area contributed by atoms with Gasteiger partial charge in [-0.3, -0.25) is 9.59 Å². The Balaban J connectivity index is 2.13. The number of rotatable bonds is 3. The van der Waals surface area contributed by atoms with Crippen LogP contribution in [0.15, 0.2) is 23.5 Å². The minimum Gasteiger partial charge on any atom is -0.431 e. The highest BCUT2D eigenvalue weighted by Gasteiger charge is 2.28. The molecule has 0 N–H and O–H groups in total. The molecule has 16 heavy (non-hydrogen) atoms. The van der Waals surface area contributed by atoms with Crippen molar-refractivity contribution in [3.63, 3.8) is 0 Å². The second-order valence-corrected chi connectivity index (χ2v) is 4.33. The Kier molecular flexibility index (Phi) is 3.22. The monoisotopic (exact) mass is 220 g/mol. The van der Waals surface area contributed by atoms with Crippen LogP contribution in [0.1, 0.15) is 39.0 Å². The van der Waals surface area contributed by atoms with Crippen molar-refractivity contribution in [2.75, 3.05) is 0 Å². The van der Waals surface area contributed by atoms with Gasteiger partial charge in [-0.1, -0.05) is 12.2 Å². The Morgan fingerprint density at radius 3 is 2.81 bits per heavy atom. The third kappa shape index (κ3) is 2.23. The molecule has 0 aromatic rings. The summed E-state index contributed by atoms with van der Waals surface area (Å²) in [5, 5.41) is 0. The number of carbonyl (C=O) groups is 2. The van der Waals surface area contributed by atoms with Gasteiger partial charge in [0.1, 0.15) is 5.76 Å². The second kappa shape index (κ2) is 4.64. The van der Waals surface area contributed by atoms with E-state index in [1.165, 1.54) is 6.92 Å². The highest BCUT2D eigenvalue weighted by molar-refractivity contribution is 5.99. The van der Waals surface area contributed by atoms with Crippen LogP contribution in [0.4, 0.5) is 0 Å². The van der Waals surface area contributed by atoms with Gasteiger partial charge in [0.05, 0.1) is 0 Å². The zero-order valence-corrected chi connectivity index (χ0v) is 9.49. The lowest BCUT2D eigenvalue weighted by Gasteiger charge is -2.09. The maximum absolute atomic E-state index is 12.1. The van der Waals surface area contributed by atoms with E-state index < -0.39 is 0 Å². The predicted molar refractivity (Wildman–Crippen MR) is 59.5 cm³/mol. The minimum absolute atomic E-state index is 0.0126. The molecule has 2 aliphatic rings. The molecule has 3 heteroatoms. The highest BCUT2D eigenvalue weighted by Crippen LogP contribution is 2.32. The first-order valence-electron chi connectivity index (χ1n) is 5.80. The molecular formula is C13H16O3. The predicted octanol–water partition coefficient (Wildman–Crippen LogP) is 2.52. The molecule has 2 rings (SSSR count). The first-order valence-corrected chi connectivity index (χ1v) is 5.80. The molecule has 0 bridgehead atoms. The summed E-state index contributed by atoms with van der Waals surface area (Å²) in [6.45, 7) is 1.38. The fourth-order valence-electron chi connectivity index (χ4n) is 2.34. The fourth-order valence-corrected chi connectivity index (χ4v) is 2.34. The summed E-state index contributed by atoms with van der Waals surface area (Å²) in [6.07, 6.45) is 8.29. The van der Waals surface area contributed by atoms with Crippen LogP contribution in [0.25, 0.3) is 0 Å². The van der Waals surface area contributed by atoms with E-state index in [9.17, 15) is 9.59 Å². The number of carbonyl (C=O) groups excluding carboxylic acids is 2. The van der Waals surface area contributed by atoms with Crippen LogP contribution in [0.3, 0.4) is 0 Å². The zero-order chi connectivity index (χ0) is 11.5. The first-order chi connectivity index (χ1) is 7.68. The van der Waals surface area contributed by atoms with Crippen molar-refractivity contribution in [3.05, 3.63) is 23.5 Å². The van der Waals surface area contributed by atoms with Crippen molar-refractivity contribution in [3.8, 4) is 0 Å². The average molecular weight is 220 g/mol. The SMILES string of the molecule is CC(=O)OC1=C(C(=O)C2C=CCC2)CCC1. The molecule has 0 heterocycles. The van der Waals surface area contributed by atoms with Crippen LogP contribution >= 0.6 is 0 Å². The molecule has 0 saturated heterocycles. The molecular weight excluding hydrogens is 204 g/mol. The maximum atomic E-state index is 12.1. The van der Waals surface area contributed by atoms with Gasteiger partial charge in [0.2, 0.25) is 0 Å². The third-order valence-corrected chi connectivity index (χ3v) is 3.08. The van der Waals surface area contributed by atoms with Crippen molar-refractivity contribution in [2.45, 2.75) is 39.0 Å². The van der Waals surface area contributed by atoms with E-state index in [0.717, 1.165) is 37.7 Å². The van der Waals surface area contributed by atoms with Crippen LogP contribution in [-0.2, 0) is 14.3 Å². The Morgan fingerprint density at radius 1 is 1.38 bits per heavy atom. The maximum Gasteiger partial charge on any atom is 0.307 e. The Morgan fingerprint density at radius 2 is 2.19 bits per heavy atom. The average Bonchev–Trinajstić information content (AvgIpc) is 2.84. The van der Waals surface area contributed by atoms with E-state index in [4.69, 9.17) is 4.74 Å². The Labute approximate surface area is 95.2 Å². The minimum atomic E-state index is -0.329. The molecule has 1 atom stereocenters. The van der Waals surface area contributed by atoms with Crippen molar-refractivity contribution in [2.24, 2.45) is 5.92 Å². The summed E-state index contributed by atoms with van der Waals surface area (Å²) in [4.78, 5) is 23.0. The van der Waals surface area contributed by atoms with Gasteiger partial charge in [-0.25, -0.2) is 0 Å². The summed E-state index contributed by atoms with van der Waals surface area (Å²) >= 11 is 0. The van der Waals surface area contributed by atoms with Crippen molar-refractivity contribution >= 4 is 11.8 Å². The summed E-state index contributed by atoms with van der Waals surface area (Å²) in [6, 6.07) is 0. The van der Waals surface area contributed by atoms with Crippen LogP contribution in [-0.4, -0.2) is 11.8 Å². The molecule has 0 aromatic heterocycles. The number of ketones is 1. The third-order valence-electron chi connectivity index (χ3n) is 3.08. The fraction of sp³-hybridized carbons (Fsp3) is 0.538. The van der Waals surface area contributed by atoms with Gasteiger partial charge in [-0.2, -0.15) is 0 Å². The summed E-state index contributed by atoms with van der Waals surface area (Å²) in [7, 11) is 0. The van der Waals surface area contributed by atoms with Crippen molar-refractivity contribution in [1.29, 1.82) is 0 Å². The molecule has 2 aliphatic carbocycles. The molecule has 0 saturated carbocycles. The smallest absolute Gasteiger partial charge is 0.307 e. The Bertz CT molecular complexity index is 377. The van der Waals surface area contributed by atoms with E-state index in [0.29, 0.717) is 5.76 Å². The summed E-state index contributed by atoms with van der Waals surface area (Å²) < 4.78 is 5.10. The van der Waals surface area contributed by atoms with Crippen molar-refractivity contribution < 1.29 is 14.3 Å². The number of allylic oxidation sites excluding steroid dienone is 4. The lowest BCUT2D eigenvalue weighted by molar-refractivity contribution is -0.137. The van der Waals surface area contributed by atoms with Gasteiger partial charge < -0.3 is 4.74 Å². The van der Waals surface area contributed by atoms with Gasteiger partial charge in [-0.15, -0.1) is 0 Å². The molecule has 0 radical (unpaired) electrons. The van der Waals surface area contributed by atoms with E-state index in [1.807, 2.05) is 12.2 Å². The normalized spacial score (nSPS) is 23.9. The molecule has 0 fully saturated rings. The second-order valence-electron chi connectivity index (χ2n) is 4.33. The van der Waals surface area contributed by atoms with E-state index in [-0.39, 0.29) is 17.7 Å². The number of hydrogen-bond acceptors (Lipinski definition) is 3. The van der Waals surface area contributed by atoms with E-state index >= 15 is 0 Å². The van der Waals surface area contributed by atoms with Crippen molar-refractivity contribution in [1.82, 2.24) is 0 Å². The van der Waals surface area contributed by atoms with Gasteiger partial charge >= 0.3 is 5.97 Å². The zero-order valence-electron chi connectivity index (χ0n) is 9.49. The lowest BCUT2D eigenvalue weighted by Crippen LogP contribution is -2.14. The number of Topliss-reactive ketones (excluding diaryl/α,β-unsaturated/α-hetero) is 1. The molecule has 0 aromatic carbocycles. The molecule has 86 valence electrons. The van der Waals surface area contributed by atoms with Gasteiger partial charge in [0.25, 0.3) is 0 Å². The molecule has 0 spiro atoms. The summed E-state index contributed by atoms with van der Waals surface area (Å²) in [5.41, 5.74) is 0.742. The van der Waals surface area contributed by atoms with Crippen LogP contribution in [0.5, 0.6) is 0 Å². The van der Waals surface area contributed by atoms with E-state index in [1.54, 1.807) is 0 Å². The standard InChI is InChI=1S/C13H16O3/c1-9(14)16-12-8-4-7-11(12)13(15)10-5-2-3-6-10/h2,5,10H,3-4,6-8H2,1H3. The van der Waals surface area contributed by atoms with Crippen LogP contribution in [0, 0.1) is 5.92 Å². The number of hydrogen-bond donors (Lipinski definition) is 0. The Hall–Kier alpha value is -1.38. The summed E-state index contributed by atoms with van der Waals surface area (Å²) in [5.74, 6) is 0.447. The van der Waals surface area contributed by atoms with Gasteiger partial charge in [-0.05, 0) is 25.7 Å². The van der Waals surface area contributed by atoms with Crippen LogP contribution < -0.4 is 0 Å². The number of esters is 1. The lowest BCUT2D eigenvalue weighted by atomic mass is 9.96. The molecule has 0 aliphatic heterocycles. The molecule has 1 unspecified atom stereocenters. The van der Waals surface area contributed by atoms with Crippen LogP contribution in [0.2, 0.25) is 0 Å². The quantitative estimate of drug-likeness (QED) is 0.542. The highest BCUT2D eigenvalue weighted by atomic mass is 16.5. The van der Waals surface area contributed by atoms with Gasteiger partial charge in [0, 0.05) is 24.8 Å². The molecule has 0 amide bonds. The van der Waals surface area contributed by atoms with E-state index in [2.05, 4.69) is 0 Å². The topological polar surface area (TPSA) is 43.4 Å². The van der Waals surface area contributed by atoms with Gasteiger partial charge in [0.15, 0.2) is 5.78 Å². The molecule has 3 nitrogen and oxygen atoms in total.